The summed E-state index contributed by atoms with van der Waals surface area (Å²) in [5.41, 5.74) is 4.18. The summed E-state index contributed by atoms with van der Waals surface area (Å²) < 4.78 is 5.75. The van der Waals surface area contributed by atoms with Gasteiger partial charge in [-0.3, -0.25) is 24.0 Å². The number of nitrogens with one attached hydrogen (secondary N) is 5. The molecule has 57 heavy (non-hydrogen) atoms. The van der Waals surface area contributed by atoms with E-state index in [0.717, 1.165) is 27.1 Å². The van der Waals surface area contributed by atoms with Crippen LogP contribution in [0.4, 0.5) is 0 Å². The molecular formula is C44H45N5O7S. The van der Waals surface area contributed by atoms with Crippen molar-refractivity contribution in [3.8, 4) is 16.9 Å². The number of amides is 5. The maximum Gasteiger partial charge on any atom is 0.258 e. The molecule has 6 N–H and O–H groups in total. The molecular weight excluding hydrogens is 743 g/mol. The van der Waals surface area contributed by atoms with Gasteiger partial charge in [0.15, 0.2) is 6.61 Å². The van der Waals surface area contributed by atoms with Crippen molar-refractivity contribution in [2.45, 2.75) is 49.9 Å². The summed E-state index contributed by atoms with van der Waals surface area (Å²) in [4.78, 5) is 70.3. The van der Waals surface area contributed by atoms with Crippen molar-refractivity contribution in [1.82, 2.24) is 26.6 Å². The second-order valence-corrected chi connectivity index (χ2v) is 14.7. The number of ether oxygens (including phenoxy) is 1. The Kier molecular flexibility index (Phi) is 14.2. The summed E-state index contributed by atoms with van der Waals surface area (Å²) in [6, 6.07) is 32.6. The fourth-order valence-corrected chi connectivity index (χ4v) is 7.23. The molecule has 2 aliphatic rings. The predicted molar refractivity (Wildman–Crippen MR) is 217 cm³/mol. The van der Waals surface area contributed by atoms with Crippen LogP contribution in [0, 0.1) is 0 Å². The molecule has 3 heterocycles. The van der Waals surface area contributed by atoms with Crippen LogP contribution in [0.1, 0.15) is 21.6 Å². The van der Waals surface area contributed by atoms with E-state index in [9.17, 15) is 29.1 Å². The summed E-state index contributed by atoms with van der Waals surface area (Å²) in [5, 5.41) is 25.3. The molecule has 0 radical (unpaired) electrons. The molecule has 7 rings (SSSR count). The Morgan fingerprint density at radius 3 is 1.84 bits per heavy atom. The first-order valence-corrected chi connectivity index (χ1v) is 19.6. The standard InChI is InChI=1S/C44H45N5O7S/c50-22-21-45-41(52)36-25-31-15-19-34(20-16-31)56-28-40(51)46-39(27-35-12-7-23-57-35)44(55)49-38(26-30-13-17-33(18-14-30)32-10-5-2-6-11-32)43(54)48-37(42(53)47-36)24-29-8-3-1-4-9-29/h1-20,23,36-39,50H,21-22,24-28H2,(H,45,52)(H,46,51)(H,47,53)(H,48,54)(H,49,55)/t36-,37-,38-,39-/m0/s1. The molecule has 0 saturated carbocycles. The van der Waals surface area contributed by atoms with E-state index < -0.39 is 53.7 Å². The minimum atomic E-state index is -1.17. The molecule has 13 heteroatoms. The second kappa shape index (κ2) is 20.0. The van der Waals surface area contributed by atoms with Crippen LogP contribution in [-0.2, 0) is 49.7 Å². The zero-order valence-electron chi connectivity index (χ0n) is 31.2. The molecule has 5 amide bonds. The average molecular weight is 788 g/mol. The van der Waals surface area contributed by atoms with Gasteiger partial charge >= 0.3 is 0 Å². The predicted octanol–water partition coefficient (Wildman–Crippen LogP) is 3.13. The van der Waals surface area contributed by atoms with Crippen molar-refractivity contribution in [2.24, 2.45) is 0 Å². The number of aliphatic hydroxyl groups is 1. The number of thiophene rings is 1. The third-order valence-corrected chi connectivity index (χ3v) is 10.4. The number of benzene rings is 4. The zero-order valence-corrected chi connectivity index (χ0v) is 32.0. The van der Waals surface area contributed by atoms with Crippen molar-refractivity contribution in [1.29, 1.82) is 0 Å². The molecule has 5 aromatic rings. The molecule has 0 fully saturated rings. The Hall–Kier alpha value is -6.31. The summed E-state index contributed by atoms with van der Waals surface area (Å²) in [5.74, 6) is -2.52. The van der Waals surface area contributed by atoms with Crippen LogP contribution in [0.2, 0.25) is 0 Å². The van der Waals surface area contributed by atoms with Gasteiger partial charge in [-0.15, -0.1) is 11.3 Å². The maximum absolute atomic E-state index is 14.4. The van der Waals surface area contributed by atoms with Crippen LogP contribution in [0.3, 0.4) is 0 Å². The molecule has 2 bridgehead atoms. The smallest absolute Gasteiger partial charge is 0.258 e. The Morgan fingerprint density at radius 1 is 0.649 bits per heavy atom. The number of fused-ring (bicyclic) bond motifs is 16. The molecule has 0 spiro atoms. The molecule has 0 saturated heterocycles. The van der Waals surface area contributed by atoms with Gasteiger partial charge in [0.2, 0.25) is 23.6 Å². The lowest BCUT2D eigenvalue weighted by Crippen LogP contribution is -2.59. The van der Waals surface area contributed by atoms with E-state index in [1.807, 2.05) is 102 Å². The van der Waals surface area contributed by atoms with E-state index in [2.05, 4.69) is 26.6 Å². The van der Waals surface area contributed by atoms with E-state index in [4.69, 9.17) is 4.74 Å². The molecule has 2 aliphatic heterocycles. The van der Waals surface area contributed by atoms with E-state index in [-0.39, 0.29) is 45.4 Å². The SMILES string of the molecule is O=C1COc2ccc(cc2)C[C@@H](C(=O)NCCO)NC(=O)[C@H](Cc2ccccc2)NC(=O)[C@H](Cc2ccc(-c3ccccc3)cc2)NC(=O)[C@H](Cc2cccs2)N1. The number of hydrogen-bond acceptors (Lipinski definition) is 8. The highest BCUT2D eigenvalue weighted by Crippen LogP contribution is 2.21. The van der Waals surface area contributed by atoms with Crippen molar-refractivity contribution in [3.05, 3.63) is 148 Å². The van der Waals surface area contributed by atoms with E-state index >= 15 is 0 Å². The van der Waals surface area contributed by atoms with Crippen molar-refractivity contribution in [3.63, 3.8) is 0 Å². The summed E-state index contributed by atoms with van der Waals surface area (Å²) in [7, 11) is 0. The van der Waals surface area contributed by atoms with Crippen molar-refractivity contribution < 1.29 is 33.8 Å². The van der Waals surface area contributed by atoms with Crippen molar-refractivity contribution in [2.75, 3.05) is 19.8 Å². The highest BCUT2D eigenvalue weighted by atomic mass is 32.1. The lowest BCUT2D eigenvalue weighted by atomic mass is 9.99. The molecule has 0 aliphatic carbocycles. The number of hydrogen-bond donors (Lipinski definition) is 6. The maximum atomic E-state index is 14.4. The first kappa shape index (κ1) is 40.4. The van der Waals surface area contributed by atoms with Gasteiger partial charge in [-0.1, -0.05) is 103 Å². The third-order valence-electron chi connectivity index (χ3n) is 9.46. The normalized spacial score (nSPS) is 19.4. The fraction of sp³-hybridized carbons (Fsp3) is 0.250. The lowest BCUT2D eigenvalue weighted by Gasteiger charge is -2.27. The highest BCUT2D eigenvalue weighted by Gasteiger charge is 2.32. The molecule has 1 aromatic heterocycles. The number of carbonyl (C=O) groups is 5. The fourth-order valence-electron chi connectivity index (χ4n) is 6.48. The van der Waals surface area contributed by atoms with Crippen LogP contribution < -0.4 is 31.3 Å². The Labute approximate surface area is 335 Å². The molecule has 12 nitrogen and oxygen atoms in total. The quantitative estimate of drug-likeness (QED) is 0.118. The van der Waals surface area contributed by atoms with Crippen LogP contribution in [0.5, 0.6) is 5.75 Å². The van der Waals surface area contributed by atoms with E-state index in [1.165, 1.54) is 11.3 Å². The number of aliphatic hydroxyl groups excluding tert-OH is 1. The van der Waals surface area contributed by atoms with E-state index in [1.54, 1.807) is 24.3 Å². The third kappa shape index (κ3) is 11.8. The summed E-state index contributed by atoms with van der Waals surface area (Å²) >= 11 is 1.43. The van der Waals surface area contributed by atoms with Gasteiger partial charge in [-0.05, 0) is 51.4 Å². The minimum Gasteiger partial charge on any atom is -0.484 e. The van der Waals surface area contributed by atoms with Gasteiger partial charge in [0.25, 0.3) is 5.91 Å². The van der Waals surface area contributed by atoms with Gasteiger partial charge < -0.3 is 36.4 Å². The largest absolute Gasteiger partial charge is 0.484 e. The van der Waals surface area contributed by atoms with Crippen LogP contribution in [0.25, 0.3) is 11.1 Å². The summed E-state index contributed by atoms with van der Waals surface area (Å²) in [6.45, 7) is -0.699. The van der Waals surface area contributed by atoms with Gasteiger partial charge in [0, 0.05) is 37.1 Å². The first-order valence-electron chi connectivity index (χ1n) is 18.8. The van der Waals surface area contributed by atoms with Gasteiger partial charge in [0.1, 0.15) is 29.9 Å². The lowest BCUT2D eigenvalue weighted by molar-refractivity contribution is -0.134. The zero-order chi connectivity index (χ0) is 40.0. The van der Waals surface area contributed by atoms with Crippen molar-refractivity contribution >= 4 is 40.9 Å². The van der Waals surface area contributed by atoms with E-state index in [0.29, 0.717) is 11.3 Å². The number of carbonyl (C=O) groups excluding carboxylic acids is 5. The highest BCUT2D eigenvalue weighted by molar-refractivity contribution is 7.09. The monoisotopic (exact) mass is 787 g/mol. The molecule has 294 valence electrons. The topological polar surface area (TPSA) is 175 Å². The number of rotatable bonds is 10. The molecule has 4 atom stereocenters. The van der Waals surface area contributed by atoms with Crippen LogP contribution in [0.15, 0.2) is 127 Å². The second-order valence-electron chi connectivity index (χ2n) is 13.7. The molecule has 4 aromatic carbocycles. The summed E-state index contributed by atoms with van der Waals surface area (Å²) in [6.07, 6.45) is 0.398. The van der Waals surface area contributed by atoms with Crippen LogP contribution in [-0.4, -0.2) is 78.6 Å². The Bertz CT molecular complexity index is 2100. The van der Waals surface area contributed by atoms with Crippen LogP contribution >= 0.6 is 11.3 Å². The van der Waals surface area contributed by atoms with Gasteiger partial charge in [-0.25, -0.2) is 0 Å². The first-order chi connectivity index (χ1) is 27.7. The Balaban J connectivity index is 1.35. The minimum absolute atomic E-state index is 0.0224. The average Bonchev–Trinajstić information content (AvgIpc) is 3.75. The molecule has 0 unspecified atom stereocenters. The van der Waals surface area contributed by atoms with Gasteiger partial charge in [0.05, 0.1) is 6.61 Å². The van der Waals surface area contributed by atoms with Gasteiger partial charge in [-0.2, -0.15) is 0 Å². The Morgan fingerprint density at radius 2 is 1.23 bits per heavy atom.